The van der Waals surface area contributed by atoms with Gasteiger partial charge in [-0.2, -0.15) is 5.26 Å². The highest BCUT2D eigenvalue weighted by molar-refractivity contribution is 7.77. The van der Waals surface area contributed by atoms with Crippen LogP contribution in [0.3, 0.4) is 0 Å². The Morgan fingerprint density at radius 3 is 2.60 bits per heavy atom. The molecular weight excluding hydrogens is 204 g/mol. The first-order valence-electron chi connectivity index (χ1n) is 5.24. The van der Waals surface area contributed by atoms with Gasteiger partial charge < -0.3 is 0 Å². The first-order valence-corrected chi connectivity index (χ1v) is 5.64. The minimum Gasteiger partial charge on any atom is -0.253 e. The maximum atomic E-state index is 9.03. The zero-order valence-electron chi connectivity index (χ0n) is 8.56. The highest BCUT2D eigenvalue weighted by atomic mass is 32.1. The number of nitrogens with zero attached hydrogens (tertiary/aromatic N) is 2. The third kappa shape index (κ3) is 2.34. The fraction of sp³-hybridized carbons (Fsp3) is 0.417. The number of rotatable bonds is 1. The zero-order chi connectivity index (χ0) is 10.7. The molecule has 2 rings (SSSR count). The summed E-state index contributed by atoms with van der Waals surface area (Å²) < 4.78 is 2.05. The third-order valence-electron chi connectivity index (χ3n) is 2.99. The lowest BCUT2D eigenvalue weighted by atomic mass is 9.87. The molecule has 0 atom stereocenters. The summed E-state index contributed by atoms with van der Waals surface area (Å²) in [5, 5.41) is 9.03. The van der Waals surface area contributed by atoms with Crippen LogP contribution in [-0.4, -0.2) is 17.4 Å². The predicted octanol–water partition coefficient (Wildman–Crippen LogP) is 2.58. The Morgan fingerprint density at radius 2 is 1.93 bits per heavy atom. The van der Waals surface area contributed by atoms with Crippen LogP contribution in [0.25, 0.3) is 0 Å². The maximum absolute atomic E-state index is 9.03. The topological polar surface area (TPSA) is 27.0 Å². The lowest BCUT2D eigenvalue weighted by molar-refractivity contribution is 0.349. The number of benzene rings is 1. The van der Waals surface area contributed by atoms with E-state index >= 15 is 0 Å². The van der Waals surface area contributed by atoms with Crippen molar-refractivity contribution in [3.63, 3.8) is 0 Å². The van der Waals surface area contributed by atoms with Crippen molar-refractivity contribution in [1.29, 1.82) is 5.26 Å². The van der Waals surface area contributed by atoms with Crippen molar-refractivity contribution in [2.75, 3.05) is 13.1 Å². The minimum absolute atomic E-state index is 0.532. The van der Waals surface area contributed by atoms with Gasteiger partial charge in [0.25, 0.3) is 0 Å². The molecule has 15 heavy (non-hydrogen) atoms. The van der Waals surface area contributed by atoms with Crippen LogP contribution < -0.4 is 0 Å². The zero-order valence-corrected chi connectivity index (χ0v) is 9.45. The average Bonchev–Trinajstić information content (AvgIpc) is 2.30. The molecule has 0 amide bonds. The lowest BCUT2D eigenvalue weighted by Crippen LogP contribution is -2.25. The van der Waals surface area contributed by atoms with Crippen LogP contribution in [0.2, 0.25) is 0 Å². The van der Waals surface area contributed by atoms with E-state index in [1.54, 1.807) is 0 Å². The van der Waals surface area contributed by atoms with Gasteiger partial charge in [0.2, 0.25) is 0 Å². The molecule has 0 aromatic heterocycles. The second-order valence-electron chi connectivity index (χ2n) is 3.93. The molecule has 0 radical (unpaired) electrons. The Labute approximate surface area is 96.1 Å². The summed E-state index contributed by atoms with van der Waals surface area (Å²) in [6.07, 6.45) is 2.20. The van der Waals surface area contributed by atoms with Crippen LogP contribution in [0.5, 0.6) is 0 Å². The molecule has 1 aliphatic heterocycles. The molecule has 0 N–H and O–H groups in total. The summed E-state index contributed by atoms with van der Waals surface area (Å²) in [6.45, 7) is 2.01. The van der Waals surface area contributed by atoms with E-state index in [0.29, 0.717) is 5.92 Å². The molecule has 1 heterocycles. The minimum atomic E-state index is 0.532. The number of hydrogen-bond acceptors (Lipinski definition) is 3. The second-order valence-corrected chi connectivity index (χ2v) is 4.49. The third-order valence-corrected chi connectivity index (χ3v) is 3.39. The van der Waals surface area contributed by atoms with Crippen LogP contribution in [0, 0.1) is 11.3 Å². The van der Waals surface area contributed by atoms with Gasteiger partial charge >= 0.3 is 0 Å². The highest BCUT2D eigenvalue weighted by Crippen LogP contribution is 2.30. The Hall–Kier alpha value is -0.980. The molecule has 1 aromatic rings. The fourth-order valence-corrected chi connectivity index (χ4v) is 2.36. The fourth-order valence-electron chi connectivity index (χ4n) is 2.13. The molecule has 1 fully saturated rings. The quantitative estimate of drug-likeness (QED) is 0.733. The van der Waals surface area contributed by atoms with E-state index in [1.165, 1.54) is 5.56 Å². The molecule has 1 saturated heterocycles. The van der Waals surface area contributed by atoms with Crippen molar-refractivity contribution in [3.05, 3.63) is 35.4 Å². The van der Waals surface area contributed by atoms with Crippen molar-refractivity contribution in [2.45, 2.75) is 18.8 Å². The molecule has 1 aromatic carbocycles. The molecule has 1 aliphatic rings. The van der Waals surface area contributed by atoms with Gasteiger partial charge in [-0.25, -0.2) is 0 Å². The molecular formula is C12H14N2S. The maximum Gasteiger partial charge on any atom is 0.0994 e. The Kier molecular flexibility index (Phi) is 3.30. The molecule has 3 heteroatoms. The van der Waals surface area contributed by atoms with Crippen LogP contribution in [-0.2, 0) is 0 Å². The van der Waals surface area contributed by atoms with E-state index in [2.05, 4.69) is 25.0 Å². The number of piperidine rings is 1. The molecule has 2 nitrogen and oxygen atoms in total. The van der Waals surface area contributed by atoms with Crippen molar-refractivity contribution in [2.24, 2.45) is 0 Å². The van der Waals surface area contributed by atoms with Crippen LogP contribution in [0.15, 0.2) is 24.3 Å². The standard InChI is InChI=1S/C12H14N2S/c13-9-11-3-1-2-4-12(11)10-5-7-14(15)8-6-10/h1-4,10,15H,5-8H2. The van der Waals surface area contributed by atoms with Gasteiger partial charge in [-0.3, -0.25) is 4.31 Å². The van der Waals surface area contributed by atoms with Crippen LogP contribution in [0.4, 0.5) is 0 Å². The molecule has 78 valence electrons. The van der Waals surface area contributed by atoms with Gasteiger partial charge in [-0.15, -0.1) is 0 Å². The Morgan fingerprint density at radius 1 is 1.27 bits per heavy atom. The van der Waals surface area contributed by atoms with Crippen molar-refractivity contribution >= 4 is 12.8 Å². The SMILES string of the molecule is N#Cc1ccccc1C1CCN(S)CC1. The summed E-state index contributed by atoms with van der Waals surface area (Å²) in [6, 6.07) is 10.2. The predicted molar refractivity (Wildman–Crippen MR) is 63.7 cm³/mol. The van der Waals surface area contributed by atoms with E-state index in [1.807, 2.05) is 22.5 Å². The van der Waals surface area contributed by atoms with E-state index < -0.39 is 0 Å². The summed E-state index contributed by atoms with van der Waals surface area (Å²) in [4.78, 5) is 0. The summed E-state index contributed by atoms with van der Waals surface area (Å²) in [5.41, 5.74) is 2.04. The first kappa shape index (κ1) is 10.5. The molecule has 0 saturated carbocycles. The smallest absolute Gasteiger partial charge is 0.0994 e. The van der Waals surface area contributed by atoms with Crippen LogP contribution >= 0.6 is 12.8 Å². The van der Waals surface area contributed by atoms with Crippen molar-refractivity contribution < 1.29 is 0 Å². The van der Waals surface area contributed by atoms with E-state index in [-0.39, 0.29) is 0 Å². The van der Waals surface area contributed by atoms with Gasteiger partial charge in [0, 0.05) is 13.1 Å². The van der Waals surface area contributed by atoms with E-state index in [9.17, 15) is 0 Å². The monoisotopic (exact) mass is 218 g/mol. The summed E-state index contributed by atoms with van der Waals surface area (Å²) >= 11 is 4.33. The number of nitriles is 1. The van der Waals surface area contributed by atoms with Gasteiger partial charge in [0.05, 0.1) is 11.6 Å². The largest absolute Gasteiger partial charge is 0.253 e. The van der Waals surface area contributed by atoms with E-state index in [4.69, 9.17) is 5.26 Å². The van der Waals surface area contributed by atoms with Crippen molar-refractivity contribution in [3.8, 4) is 6.07 Å². The van der Waals surface area contributed by atoms with Crippen molar-refractivity contribution in [1.82, 2.24) is 4.31 Å². The van der Waals surface area contributed by atoms with Gasteiger partial charge in [-0.1, -0.05) is 31.0 Å². The first-order chi connectivity index (χ1) is 7.31. The van der Waals surface area contributed by atoms with Gasteiger partial charge in [-0.05, 0) is 30.4 Å². The molecule has 0 bridgehead atoms. The summed E-state index contributed by atoms with van der Waals surface area (Å²) in [5.74, 6) is 0.532. The highest BCUT2D eigenvalue weighted by Gasteiger charge is 2.20. The molecule has 0 unspecified atom stereocenters. The second kappa shape index (κ2) is 4.69. The van der Waals surface area contributed by atoms with Crippen LogP contribution in [0.1, 0.15) is 29.9 Å². The normalized spacial score (nSPS) is 18.7. The summed E-state index contributed by atoms with van der Waals surface area (Å²) in [7, 11) is 0. The Balaban J connectivity index is 2.19. The van der Waals surface area contributed by atoms with Gasteiger partial charge in [0.15, 0.2) is 0 Å². The Bertz CT molecular complexity index is 375. The molecule has 0 spiro atoms. The lowest BCUT2D eigenvalue weighted by Gasteiger charge is -2.28. The van der Waals surface area contributed by atoms with E-state index in [0.717, 1.165) is 31.5 Å². The average molecular weight is 218 g/mol. The number of thiol groups is 1. The number of hydrogen-bond donors (Lipinski definition) is 1. The van der Waals surface area contributed by atoms with Gasteiger partial charge in [0.1, 0.15) is 0 Å². The molecule has 0 aliphatic carbocycles.